The zero-order chi connectivity index (χ0) is 19.8. The normalized spacial score (nSPS) is 11.6. The second-order valence-corrected chi connectivity index (χ2v) is 6.26. The largest absolute Gasteiger partial charge is 0.478 e. The number of aromatic nitrogens is 2. The van der Waals surface area contributed by atoms with Crippen molar-refractivity contribution in [2.45, 2.75) is 6.92 Å². The van der Waals surface area contributed by atoms with Crippen molar-refractivity contribution in [2.24, 2.45) is 0 Å². The van der Waals surface area contributed by atoms with Crippen LogP contribution in [0.2, 0.25) is 0 Å². The average Bonchev–Trinajstić information content (AvgIpc) is 3.08. The fraction of sp³-hybridized carbons (Fsp3) is 0.0476. The van der Waals surface area contributed by atoms with Crippen molar-refractivity contribution < 1.29 is 9.90 Å². The maximum atomic E-state index is 13.1. The molecule has 4 aromatic rings. The van der Waals surface area contributed by atoms with Crippen LogP contribution in [0.25, 0.3) is 22.9 Å². The summed E-state index contributed by atoms with van der Waals surface area (Å²) < 4.78 is 1.43. The van der Waals surface area contributed by atoms with Gasteiger partial charge in [-0.2, -0.15) is 5.26 Å². The molecule has 0 amide bonds. The van der Waals surface area contributed by atoms with Gasteiger partial charge in [-0.25, -0.2) is 9.78 Å². The molecule has 4 rings (SSSR count). The summed E-state index contributed by atoms with van der Waals surface area (Å²) in [5, 5.41) is 22.0. The molecule has 0 aliphatic carbocycles. The number of pyridine rings is 1. The molecule has 7 heteroatoms. The fourth-order valence-corrected chi connectivity index (χ4v) is 3.18. The number of carboxylic acid groups (broad SMARTS) is 1. The molecule has 2 N–H and O–H groups in total. The minimum Gasteiger partial charge on any atom is -0.478 e. The number of imidazole rings is 1. The molecular formula is C21H14N4O3. The Morgan fingerprint density at radius 1 is 1.25 bits per heavy atom. The lowest BCUT2D eigenvalue weighted by atomic mass is 10.1. The van der Waals surface area contributed by atoms with Crippen molar-refractivity contribution in [3.63, 3.8) is 0 Å². The second-order valence-electron chi connectivity index (χ2n) is 6.26. The van der Waals surface area contributed by atoms with Crippen LogP contribution in [0.15, 0.2) is 53.3 Å². The third-order valence-electron chi connectivity index (χ3n) is 4.60. The Labute approximate surface area is 158 Å². The molecule has 0 fully saturated rings. The maximum absolute atomic E-state index is 13.1. The van der Waals surface area contributed by atoms with Gasteiger partial charge in [-0.05, 0) is 42.8 Å². The first-order valence-corrected chi connectivity index (χ1v) is 8.45. The molecule has 0 radical (unpaired) electrons. The number of aromatic carboxylic acids is 1. The van der Waals surface area contributed by atoms with E-state index in [9.17, 15) is 14.9 Å². The first-order valence-electron chi connectivity index (χ1n) is 8.45. The van der Waals surface area contributed by atoms with Gasteiger partial charge in [-0.3, -0.25) is 9.20 Å². The molecule has 136 valence electrons. The number of nitrogens with one attached hydrogen (secondary N) is 1. The molecule has 2 aromatic heterocycles. The Morgan fingerprint density at radius 3 is 2.79 bits per heavy atom. The number of rotatable bonds is 3. The van der Waals surface area contributed by atoms with Crippen molar-refractivity contribution >= 4 is 34.5 Å². The molecule has 0 saturated carbocycles. The van der Waals surface area contributed by atoms with Crippen molar-refractivity contribution in [3.05, 3.63) is 80.8 Å². The molecule has 7 nitrogen and oxygen atoms in total. The lowest BCUT2D eigenvalue weighted by Gasteiger charge is -2.05. The molecule has 2 aromatic carbocycles. The van der Waals surface area contributed by atoms with Crippen molar-refractivity contribution in [1.29, 1.82) is 5.26 Å². The van der Waals surface area contributed by atoms with E-state index in [2.05, 4.69) is 16.4 Å². The van der Waals surface area contributed by atoms with Crippen molar-refractivity contribution in [3.8, 4) is 6.07 Å². The molecule has 28 heavy (non-hydrogen) atoms. The number of carboxylic acids is 1. The summed E-state index contributed by atoms with van der Waals surface area (Å²) in [6.45, 7) is 1.69. The van der Waals surface area contributed by atoms with E-state index in [1.165, 1.54) is 22.7 Å². The van der Waals surface area contributed by atoms with Crippen molar-refractivity contribution in [2.75, 3.05) is 5.32 Å². The van der Waals surface area contributed by atoms with E-state index in [-0.39, 0.29) is 11.1 Å². The quantitative estimate of drug-likeness (QED) is 0.573. The number of benzene rings is 2. The Bertz CT molecular complexity index is 1410. The summed E-state index contributed by atoms with van der Waals surface area (Å²) in [5.74, 6) is -1.04. The SMILES string of the molecule is Cc1c(C#N)c2nc3ccccc3n2c(=O)/c1=C/Nc1cccc(C(=O)O)c1. The standard InChI is InChI=1S/C21H14N4O3/c1-12-15(10-22)19-24-17-7-2-3-8-18(17)25(19)20(26)16(12)11-23-14-6-4-5-13(9-14)21(27)28/h2-9,11,23H,1H3,(H,27,28)/b16-11+. The Hall–Kier alpha value is -4.18. The fourth-order valence-electron chi connectivity index (χ4n) is 3.18. The van der Waals surface area contributed by atoms with Crippen LogP contribution in [0.4, 0.5) is 5.69 Å². The van der Waals surface area contributed by atoms with Crippen LogP contribution in [-0.2, 0) is 0 Å². The van der Waals surface area contributed by atoms with Gasteiger partial charge in [-0.1, -0.05) is 18.2 Å². The summed E-state index contributed by atoms with van der Waals surface area (Å²) in [4.78, 5) is 28.7. The van der Waals surface area contributed by atoms with E-state index < -0.39 is 5.97 Å². The number of fused-ring (bicyclic) bond motifs is 3. The van der Waals surface area contributed by atoms with Crippen molar-refractivity contribution in [1.82, 2.24) is 9.38 Å². The molecule has 2 heterocycles. The molecule has 0 saturated heterocycles. The van der Waals surface area contributed by atoms with Gasteiger partial charge in [0.05, 0.1) is 27.4 Å². The molecule has 0 bridgehead atoms. The van der Waals surface area contributed by atoms with Gasteiger partial charge in [0, 0.05) is 11.9 Å². The molecule has 0 spiro atoms. The Balaban J connectivity index is 1.97. The van der Waals surface area contributed by atoms with E-state index in [0.717, 1.165) is 0 Å². The topological polar surface area (TPSA) is 107 Å². The highest BCUT2D eigenvalue weighted by atomic mass is 16.4. The monoisotopic (exact) mass is 370 g/mol. The van der Waals surface area contributed by atoms with Gasteiger partial charge in [0.2, 0.25) is 0 Å². The number of nitrogens with zero attached hydrogens (tertiary/aromatic N) is 3. The minimum absolute atomic E-state index is 0.131. The van der Waals surface area contributed by atoms with Gasteiger partial charge in [0.15, 0.2) is 5.65 Å². The molecule has 0 unspecified atom stereocenters. The summed E-state index contributed by atoms with van der Waals surface area (Å²) in [7, 11) is 0. The van der Waals surface area contributed by atoms with E-state index in [1.807, 2.05) is 6.07 Å². The summed E-state index contributed by atoms with van der Waals surface area (Å²) >= 11 is 0. The van der Waals surface area contributed by atoms with Gasteiger partial charge in [-0.15, -0.1) is 0 Å². The number of nitriles is 1. The number of hydrogen-bond donors (Lipinski definition) is 2. The molecule has 0 aliphatic rings. The lowest BCUT2D eigenvalue weighted by Crippen LogP contribution is -2.34. The Morgan fingerprint density at radius 2 is 2.04 bits per heavy atom. The van der Waals surface area contributed by atoms with E-state index in [4.69, 9.17) is 5.11 Å². The number of carbonyl (C=O) groups is 1. The molecule has 0 atom stereocenters. The number of hydrogen-bond acceptors (Lipinski definition) is 5. The van der Waals surface area contributed by atoms with E-state index >= 15 is 0 Å². The van der Waals surface area contributed by atoms with Crippen LogP contribution in [0.1, 0.15) is 21.5 Å². The van der Waals surface area contributed by atoms with Gasteiger partial charge >= 0.3 is 5.97 Å². The molecular weight excluding hydrogens is 356 g/mol. The first kappa shape index (κ1) is 17.2. The van der Waals surface area contributed by atoms with E-state index in [1.54, 1.807) is 37.3 Å². The highest BCUT2D eigenvalue weighted by Crippen LogP contribution is 2.17. The van der Waals surface area contributed by atoms with Crippen LogP contribution >= 0.6 is 0 Å². The Kier molecular flexibility index (Phi) is 4.02. The maximum Gasteiger partial charge on any atom is 0.335 e. The highest BCUT2D eigenvalue weighted by Gasteiger charge is 2.15. The highest BCUT2D eigenvalue weighted by molar-refractivity contribution is 5.89. The zero-order valence-corrected chi connectivity index (χ0v) is 14.8. The molecule has 0 aliphatic heterocycles. The lowest BCUT2D eigenvalue weighted by molar-refractivity contribution is 0.0697. The second kappa shape index (κ2) is 6.52. The average molecular weight is 370 g/mol. The first-order chi connectivity index (χ1) is 13.5. The van der Waals surface area contributed by atoms with Crippen LogP contribution in [-0.4, -0.2) is 20.5 Å². The van der Waals surface area contributed by atoms with E-state index in [0.29, 0.717) is 38.7 Å². The van der Waals surface area contributed by atoms with Gasteiger partial charge in [0.1, 0.15) is 6.07 Å². The predicted molar refractivity (Wildman–Crippen MR) is 105 cm³/mol. The summed E-state index contributed by atoms with van der Waals surface area (Å²) in [6.07, 6.45) is 1.49. The van der Waals surface area contributed by atoms with Gasteiger partial charge < -0.3 is 10.4 Å². The summed E-state index contributed by atoms with van der Waals surface area (Å²) in [5.41, 5.74) is 2.77. The smallest absolute Gasteiger partial charge is 0.335 e. The van der Waals surface area contributed by atoms with Crippen LogP contribution in [0.3, 0.4) is 0 Å². The van der Waals surface area contributed by atoms with Crippen LogP contribution < -0.4 is 16.1 Å². The van der Waals surface area contributed by atoms with Crippen LogP contribution in [0, 0.1) is 18.3 Å². The number of para-hydroxylation sites is 2. The predicted octanol–water partition coefficient (Wildman–Crippen LogP) is 2.29. The third-order valence-corrected chi connectivity index (χ3v) is 4.60. The van der Waals surface area contributed by atoms with Gasteiger partial charge in [0.25, 0.3) is 5.56 Å². The zero-order valence-electron chi connectivity index (χ0n) is 14.8. The summed E-state index contributed by atoms with van der Waals surface area (Å²) in [6, 6.07) is 15.6. The number of anilines is 1. The third kappa shape index (κ3) is 2.64. The minimum atomic E-state index is -1.04. The van der Waals surface area contributed by atoms with Crippen LogP contribution in [0.5, 0.6) is 0 Å².